The van der Waals surface area contributed by atoms with Gasteiger partial charge in [-0.05, 0) is 24.3 Å². The third kappa shape index (κ3) is 1.49. The number of hydrogen-bond acceptors (Lipinski definition) is 7. The van der Waals surface area contributed by atoms with Crippen molar-refractivity contribution in [2.75, 3.05) is 6.61 Å². The van der Waals surface area contributed by atoms with Crippen molar-refractivity contribution in [3.05, 3.63) is 11.4 Å². The number of rotatable bonds is 2. The van der Waals surface area contributed by atoms with Gasteiger partial charge in [0, 0.05) is 0 Å². The molecule has 0 saturated carbocycles. The second-order valence-corrected chi connectivity index (χ2v) is 2.75. The van der Waals surface area contributed by atoms with Crippen LogP contribution in [0.15, 0.2) is 0 Å². The van der Waals surface area contributed by atoms with Gasteiger partial charge in [-0.2, -0.15) is 4.52 Å². The summed E-state index contributed by atoms with van der Waals surface area (Å²) in [6, 6.07) is 0. The van der Waals surface area contributed by atoms with Gasteiger partial charge >= 0.3 is 5.97 Å². The quantitative estimate of drug-likeness (QED) is 0.608. The first kappa shape index (κ1) is 9.44. The lowest BCUT2D eigenvalue weighted by Gasteiger charge is -2.03. The Morgan fingerprint density at radius 2 is 2.20 bits per heavy atom. The summed E-state index contributed by atoms with van der Waals surface area (Å²) in [5, 5.41) is 18.1. The maximum absolute atomic E-state index is 11.4. The van der Waals surface area contributed by atoms with Gasteiger partial charge < -0.3 is 4.74 Å². The van der Waals surface area contributed by atoms with E-state index in [1.807, 2.05) is 0 Å². The summed E-state index contributed by atoms with van der Waals surface area (Å²) in [5.74, 6) is -0.277. The SMILES string of the molecule is CCOC(=O)c1nnc2nnnn2c1C. The summed E-state index contributed by atoms with van der Waals surface area (Å²) in [7, 11) is 0. The molecule has 8 nitrogen and oxygen atoms in total. The number of hydrogen-bond donors (Lipinski definition) is 0. The summed E-state index contributed by atoms with van der Waals surface area (Å²) in [5.41, 5.74) is 0.625. The topological polar surface area (TPSA) is 95.2 Å². The van der Waals surface area contributed by atoms with Crippen LogP contribution in [0, 0.1) is 6.92 Å². The molecule has 0 unspecified atom stereocenters. The Morgan fingerprint density at radius 3 is 2.93 bits per heavy atom. The van der Waals surface area contributed by atoms with Crippen LogP contribution in [0.3, 0.4) is 0 Å². The number of esters is 1. The molecule has 2 aromatic heterocycles. The highest BCUT2D eigenvalue weighted by Gasteiger charge is 2.16. The van der Waals surface area contributed by atoms with Crippen LogP contribution in [0.5, 0.6) is 0 Å². The molecule has 78 valence electrons. The van der Waals surface area contributed by atoms with E-state index < -0.39 is 5.97 Å². The van der Waals surface area contributed by atoms with Crippen molar-refractivity contribution in [1.29, 1.82) is 0 Å². The number of aryl methyl sites for hydroxylation is 1. The normalized spacial score (nSPS) is 10.5. The molecule has 0 radical (unpaired) electrons. The van der Waals surface area contributed by atoms with Crippen LogP contribution in [-0.2, 0) is 4.74 Å². The summed E-state index contributed by atoms with van der Waals surface area (Å²) in [6.45, 7) is 3.67. The van der Waals surface area contributed by atoms with Gasteiger partial charge in [0.2, 0.25) is 0 Å². The molecule has 0 aliphatic rings. The van der Waals surface area contributed by atoms with Crippen molar-refractivity contribution in [3.63, 3.8) is 0 Å². The monoisotopic (exact) mass is 208 g/mol. The smallest absolute Gasteiger partial charge is 0.360 e. The zero-order chi connectivity index (χ0) is 10.8. The zero-order valence-corrected chi connectivity index (χ0v) is 8.21. The minimum Gasteiger partial charge on any atom is -0.461 e. The van der Waals surface area contributed by atoms with E-state index in [0.717, 1.165) is 0 Å². The fourth-order valence-corrected chi connectivity index (χ4v) is 1.12. The summed E-state index contributed by atoms with van der Waals surface area (Å²) in [6.07, 6.45) is 0. The Hall–Kier alpha value is -2.12. The van der Waals surface area contributed by atoms with Gasteiger partial charge in [0.1, 0.15) is 0 Å². The summed E-state index contributed by atoms with van der Waals surface area (Å²) in [4.78, 5) is 11.4. The molecule has 15 heavy (non-hydrogen) atoms. The minimum atomic E-state index is -0.528. The Bertz CT molecular complexity index is 507. The number of tetrazole rings is 1. The van der Waals surface area contributed by atoms with E-state index in [2.05, 4.69) is 25.7 Å². The molecule has 2 rings (SSSR count). The van der Waals surface area contributed by atoms with E-state index in [-0.39, 0.29) is 18.1 Å². The third-order valence-corrected chi connectivity index (χ3v) is 1.82. The van der Waals surface area contributed by atoms with Gasteiger partial charge in [0.15, 0.2) is 5.69 Å². The lowest BCUT2D eigenvalue weighted by molar-refractivity contribution is 0.0516. The van der Waals surface area contributed by atoms with Gasteiger partial charge in [-0.25, -0.2) is 4.79 Å². The number of fused-ring (bicyclic) bond motifs is 1. The standard InChI is InChI=1S/C7H8N6O2/c1-3-15-6(14)5-4(2)13-7(9-8-5)10-11-12-13/h3H2,1-2H3. The van der Waals surface area contributed by atoms with E-state index in [4.69, 9.17) is 4.74 Å². The van der Waals surface area contributed by atoms with Crippen LogP contribution < -0.4 is 0 Å². The maximum atomic E-state index is 11.4. The van der Waals surface area contributed by atoms with E-state index in [1.54, 1.807) is 13.8 Å². The van der Waals surface area contributed by atoms with Gasteiger partial charge in [-0.1, -0.05) is 5.10 Å². The van der Waals surface area contributed by atoms with Crippen LogP contribution in [0.1, 0.15) is 23.1 Å². The first-order valence-electron chi connectivity index (χ1n) is 4.32. The van der Waals surface area contributed by atoms with E-state index in [0.29, 0.717) is 5.69 Å². The van der Waals surface area contributed by atoms with Gasteiger partial charge in [-0.3, -0.25) is 0 Å². The summed E-state index contributed by atoms with van der Waals surface area (Å²) < 4.78 is 6.14. The molecule has 0 aromatic carbocycles. The van der Waals surface area contributed by atoms with Crippen molar-refractivity contribution in [1.82, 2.24) is 30.2 Å². The highest BCUT2D eigenvalue weighted by molar-refractivity contribution is 5.88. The van der Waals surface area contributed by atoms with E-state index in [9.17, 15) is 4.79 Å². The number of aromatic nitrogens is 6. The first-order chi connectivity index (χ1) is 7.24. The number of ether oxygens (including phenoxy) is 1. The third-order valence-electron chi connectivity index (χ3n) is 1.82. The van der Waals surface area contributed by atoms with Crippen LogP contribution >= 0.6 is 0 Å². The van der Waals surface area contributed by atoms with E-state index in [1.165, 1.54) is 4.52 Å². The zero-order valence-electron chi connectivity index (χ0n) is 8.21. The molecule has 0 spiro atoms. The molecule has 0 aliphatic heterocycles. The molecule has 0 amide bonds. The number of carbonyl (C=O) groups excluding carboxylic acids is 1. The second-order valence-electron chi connectivity index (χ2n) is 2.75. The fourth-order valence-electron chi connectivity index (χ4n) is 1.12. The molecule has 0 atom stereocenters. The molecule has 0 N–H and O–H groups in total. The van der Waals surface area contributed by atoms with Gasteiger partial charge in [0.05, 0.1) is 12.3 Å². The Kier molecular flexibility index (Phi) is 2.24. The molecule has 0 aliphatic carbocycles. The molecule has 2 heterocycles. The first-order valence-corrected chi connectivity index (χ1v) is 4.32. The molecule has 8 heteroatoms. The lowest BCUT2D eigenvalue weighted by Crippen LogP contribution is -2.14. The van der Waals surface area contributed by atoms with Gasteiger partial charge in [-0.15, -0.1) is 10.2 Å². The van der Waals surface area contributed by atoms with Crippen LogP contribution in [0.4, 0.5) is 0 Å². The van der Waals surface area contributed by atoms with Crippen molar-refractivity contribution in [2.45, 2.75) is 13.8 Å². The number of carbonyl (C=O) groups is 1. The highest BCUT2D eigenvalue weighted by Crippen LogP contribution is 2.04. The predicted octanol–water partition coefficient (Wildman–Crippen LogP) is -0.601. The predicted molar refractivity (Wildman–Crippen MR) is 47.1 cm³/mol. The van der Waals surface area contributed by atoms with Crippen molar-refractivity contribution < 1.29 is 9.53 Å². The van der Waals surface area contributed by atoms with Crippen LogP contribution in [0.2, 0.25) is 0 Å². The highest BCUT2D eigenvalue weighted by atomic mass is 16.5. The van der Waals surface area contributed by atoms with Crippen molar-refractivity contribution >= 4 is 11.7 Å². The molecular weight excluding hydrogens is 200 g/mol. The number of nitrogens with zero attached hydrogens (tertiary/aromatic N) is 6. The minimum absolute atomic E-state index is 0.122. The van der Waals surface area contributed by atoms with Crippen molar-refractivity contribution in [3.8, 4) is 0 Å². The van der Waals surface area contributed by atoms with E-state index >= 15 is 0 Å². The second kappa shape index (κ2) is 3.56. The largest absolute Gasteiger partial charge is 0.461 e. The Morgan fingerprint density at radius 1 is 1.40 bits per heavy atom. The fraction of sp³-hybridized carbons (Fsp3) is 0.429. The van der Waals surface area contributed by atoms with Crippen LogP contribution in [-0.4, -0.2) is 42.8 Å². The Balaban J connectivity index is 2.52. The summed E-state index contributed by atoms with van der Waals surface area (Å²) >= 11 is 0. The molecule has 2 aromatic rings. The lowest BCUT2D eigenvalue weighted by atomic mass is 10.3. The van der Waals surface area contributed by atoms with Crippen LogP contribution in [0.25, 0.3) is 5.78 Å². The molecule has 0 saturated heterocycles. The maximum Gasteiger partial charge on any atom is 0.360 e. The van der Waals surface area contributed by atoms with Crippen molar-refractivity contribution in [2.24, 2.45) is 0 Å². The molecule has 0 bridgehead atoms. The molecular formula is C7H8N6O2. The molecule has 0 fully saturated rings. The Labute approximate surface area is 84.3 Å². The average molecular weight is 208 g/mol. The average Bonchev–Trinajstić information content (AvgIpc) is 2.67. The van der Waals surface area contributed by atoms with Gasteiger partial charge in [0.25, 0.3) is 5.78 Å².